The standard InChI is InChI=1S/C14H25BO2/c1-11(13(16)17)10-12(15)8-6-5-7-9-14(2,3)4/h6,8,11-12H,5,7,9-10H2,1-4H3,(H,16,17)/b8-6+. The van der Waals surface area contributed by atoms with E-state index in [9.17, 15) is 4.79 Å². The third kappa shape index (κ3) is 10.2. The lowest BCUT2D eigenvalue weighted by Crippen LogP contribution is -2.11. The number of hydrogen-bond donors (Lipinski definition) is 1. The van der Waals surface area contributed by atoms with Crippen LogP contribution in [0.4, 0.5) is 0 Å². The van der Waals surface area contributed by atoms with Gasteiger partial charge in [0.25, 0.3) is 0 Å². The second-order valence-corrected chi connectivity index (χ2v) is 6.02. The molecule has 2 atom stereocenters. The largest absolute Gasteiger partial charge is 0.481 e. The Morgan fingerprint density at radius 2 is 2.00 bits per heavy atom. The van der Waals surface area contributed by atoms with Crippen molar-refractivity contribution in [2.24, 2.45) is 11.3 Å². The second kappa shape index (κ2) is 7.57. The van der Waals surface area contributed by atoms with Crippen LogP contribution in [0.3, 0.4) is 0 Å². The normalized spacial score (nSPS) is 16.0. The van der Waals surface area contributed by atoms with E-state index in [4.69, 9.17) is 13.0 Å². The van der Waals surface area contributed by atoms with Gasteiger partial charge in [-0.05, 0) is 31.1 Å². The minimum atomic E-state index is -0.776. The predicted molar refractivity (Wildman–Crippen MR) is 73.4 cm³/mol. The Hall–Kier alpha value is -0.725. The first kappa shape index (κ1) is 16.3. The van der Waals surface area contributed by atoms with Gasteiger partial charge in [0.2, 0.25) is 0 Å². The van der Waals surface area contributed by atoms with E-state index in [1.54, 1.807) is 6.92 Å². The van der Waals surface area contributed by atoms with E-state index in [1.165, 1.54) is 6.42 Å². The summed E-state index contributed by atoms with van der Waals surface area (Å²) in [6, 6.07) is 0. The monoisotopic (exact) mass is 236 g/mol. The van der Waals surface area contributed by atoms with Crippen molar-refractivity contribution in [3.05, 3.63) is 12.2 Å². The Kier molecular flexibility index (Phi) is 7.25. The van der Waals surface area contributed by atoms with Crippen molar-refractivity contribution in [3.8, 4) is 0 Å². The Morgan fingerprint density at radius 1 is 1.41 bits per heavy atom. The molecule has 0 aliphatic rings. The molecule has 0 saturated carbocycles. The maximum atomic E-state index is 10.6. The van der Waals surface area contributed by atoms with E-state index in [-0.39, 0.29) is 11.7 Å². The summed E-state index contributed by atoms with van der Waals surface area (Å²) in [5, 5.41) is 8.75. The number of carbonyl (C=O) groups is 1. The highest BCUT2D eigenvalue weighted by Crippen LogP contribution is 2.22. The fraction of sp³-hybridized carbons (Fsp3) is 0.786. The molecular weight excluding hydrogens is 211 g/mol. The molecule has 2 unspecified atom stereocenters. The molecule has 0 rings (SSSR count). The summed E-state index contributed by atoms with van der Waals surface area (Å²) in [6.07, 6.45) is 7.88. The van der Waals surface area contributed by atoms with Crippen molar-refractivity contribution >= 4 is 13.8 Å². The fourth-order valence-electron chi connectivity index (χ4n) is 1.61. The van der Waals surface area contributed by atoms with Crippen molar-refractivity contribution in [1.29, 1.82) is 0 Å². The first-order valence-corrected chi connectivity index (χ1v) is 6.37. The summed E-state index contributed by atoms with van der Waals surface area (Å²) in [4.78, 5) is 10.6. The number of aliphatic carboxylic acids is 1. The molecule has 0 amide bonds. The van der Waals surface area contributed by atoms with Crippen LogP contribution in [-0.2, 0) is 4.79 Å². The van der Waals surface area contributed by atoms with Crippen molar-refractivity contribution in [2.45, 2.75) is 59.2 Å². The lowest BCUT2D eigenvalue weighted by atomic mass is 9.80. The molecule has 0 bridgehead atoms. The summed E-state index contributed by atoms with van der Waals surface area (Å²) in [6.45, 7) is 8.39. The lowest BCUT2D eigenvalue weighted by Gasteiger charge is -2.16. The van der Waals surface area contributed by atoms with E-state index in [1.807, 2.05) is 6.08 Å². The molecule has 0 aromatic rings. The molecular formula is C14H25BO2. The molecule has 3 heteroatoms. The zero-order chi connectivity index (χ0) is 13.5. The van der Waals surface area contributed by atoms with Gasteiger partial charge in [-0.3, -0.25) is 4.79 Å². The number of hydrogen-bond acceptors (Lipinski definition) is 1. The SMILES string of the molecule is [B]C(/C=C/CCCC(C)(C)C)CC(C)C(=O)O. The molecule has 0 spiro atoms. The van der Waals surface area contributed by atoms with E-state index in [0.29, 0.717) is 11.8 Å². The Labute approximate surface area is 107 Å². The number of unbranched alkanes of at least 4 members (excludes halogenated alkanes) is 1. The maximum absolute atomic E-state index is 10.6. The Balaban J connectivity index is 3.74. The van der Waals surface area contributed by atoms with E-state index < -0.39 is 5.97 Å². The van der Waals surface area contributed by atoms with Crippen LogP contribution in [0.5, 0.6) is 0 Å². The van der Waals surface area contributed by atoms with Crippen LogP contribution in [0, 0.1) is 11.3 Å². The predicted octanol–water partition coefficient (Wildman–Crippen LogP) is 3.83. The zero-order valence-corrected chi connectivity index (χ0v) is 11.6. The van der Waals surface area contributed by atoms with Crippen LogP contribution in [-0.4, -0.2) is 18.9 Å². The van der Waals surface area contributed by atoms with Crippen LogP contribution in [0.15, 0.2) is 12.2 Å². The van der Waals surface area contributed by atoms with E-state index >= 15 is 0 Å². The number of carboxylic acids is 1. The topological polar surface area (TPSA) is 37.3 Å². The quantitative estimate of drug-likeness (QED) is 0.414. The van der Waals surface area contributed by atoms with E-state index in [0.717, 1.165) is 12.8 Å². The van der Waals surface area contributed by atoms with E-state index in [2.05, 4.69) is 26.8 Å². The molecule has 0 aromatic heterocycles. The molecule has 0 saturated heterocycles. The molecule has 17 heavy (non-hydrogen) atoms. The van der Waals surface area contributed by atoms with Crippen LogP contribution in [0.25, 0.3) is 0 Å². The van der Waals surface area contributed by atoms with Gasteiger partial charge in [0.1, 0.15) is 0 Å². The minimum Gasteiger partial charge on any atom is -0.481 e. The summed E-state index contributed by atoms with van der Waals surface area (Å²) in [7, 11) is 5.83. The second-order valence-electron chi connectivity index (χ2n) is 6.02. The summed E-state index contributed by atoms with van der Waals surface area (Å²) >= 11 is 0. The first-order valence-electron chi connectivity index (χ1n) is 6.37. The molecule has 2 nitrogen and oxygen atoms in total. The van der Waals surface area contributed by atoms with Gasteiger partial charge in [0.05, 0.1) is 13.8 Å². The number of rotatable bonds is 7. The third-order valence-electron chi connectivity index (χ3n) is 2.73. The van der Waals surface area contributed by atoms with Gasteiger partial charge in [-0.1, -0.05) is 45.7 Å². The molecule has 96 valence electrons. The maximum Gasteiger partial charge on any atom is 0.306 e. The number of allylic oxidation sites excluding steroid dienone is 2. The van der Waals surface area contributed by atoms with Crippen molar-refractivity contribution in [3.63, 3.8) is 0 Å². The van der Waals surface area contributed by atoms with Gasteiger partial charge >= 0.3 is 5.97 Å². The molecule has 0 fully saturated rings. The Bertz CT molecular complexity index is 253. The van der Waals surface area contributed by atoms with Gasteiger partial charge < -0.3 is 5.11 Å². The third-order valence-corrected chi connectivity index (χ3v) is 2.73. The summed E-state index contributed by atoms with van der Waals surface area (Å²) < 4.78 is 0. The van der Waals surface area contributed by atoms with Gasteiger partial charge in [-0.25, -0.2) is 0 Å². The fourth-order valence-corrected chi connectivity index (χ4v) is 1.61. The molecule has 0 aromatic carbocycles. The van der Waals surface area contributed by atoms with Crippen LogP contribution < -0.4 is 0 Å². The van der Waals surface area contributed by atoms with Gasteiger partial charge in [-0.15, -0.1) is 0 Å². The van der Waals surface area contributed by atoms with Gasteiger partial charge in [-0.2, -0.15) is 0 Å². The van der Waals surface area contributed by atoms with Crippen LogP contribution in [0.1, 0.15) is 53.4 Å². The minimum absolute atomic E-state index is 0.143. The smallest absolute Gasteiger partial charge is 0.306 e. The highest BCUT2D eigenvalue weighted by Gasteiger charge is 2.13. The van der Waals surface area contributed by atoms with Crippen LogP contribution >= 0.6 is 0 Å². The van der Waals surface area contributed by atoms with Crippen LogP contribution in [0.2, 0.25) is 5.82 Å². The summed E-state index contributed by atoms with van der Waals surface area (Å²) in [5.41, 5.74) is 0.383. The lowest BCUT2D eigenvalue weighted by molar-refractivity contribution is -0.141. The molecule has 0 aliphatic heterocycles. The highest BCUT2D eigenvalue weighted by atomic mass is 16.4. The molecule has 0 aliphatic carbocycles. The summed E-state index contributed by atoms with van der Waals surface area (Å²) in [5.74, 6) is -1.29. The van der Waals surface area contributed by atoms with Crippen molar-refractivity contribution in [2.75, 3.05) is 0 Å². The highest BCUT2D eigenvalue weighted by molar-refractivity contribution is 6.13. The van der Waals surface area contributed by atoms with Crippen molar-refractivity contribution < 1.29 is 9.90 Å². The van der Waals surface area contributed by atoms with Gasteiger partial charge in [0.15, 0.2) is 0 Å². The number of carboxylic acid groups (broad SMARTS) is 1. The molecule has 0 heterocycles. The zero-order valence-electron chi connectivity index (χ0n) is 11.6. The van der Waals surface area contributed by atoms with Gasteiger partial charge in [0, 0.05) is 0 Å². The average molecular weight is 236 g/mol. The molecule has 2 radical (unpaired) electrons. The molecule has 1 N–H and O–H groups in total. The first-order chi connectivity index (χ1) is 7.72. The Morgan fingerprint density at radius 3 is 2.47 bits per heavy atom. The van der Waals surface area contributed by atoms with Crippen molar-refractivity contribution in [1.82, 2.24) is 0 Å². The average Bonchev–Trinajstić information content (AvgIpc) is 2.15.